The van der Waals surface area contributed by atoms with Crippen molar-refractivity contribution in [3.8, 4) is 5.75 Å². The first-order valence-electron chi connectivity index (χ1n) is 6.00. The number of anilines is 1. The predicted molar refractivity (Wildman–Crippen MR) is 66.9 cm³/mol. The average molecular weight is 220 g/mol. The van der Waals surface area contributed by atoms with Crippen molar-refractivity contribution in [3.05, 3.63) is 23.8 Å². The number of hydrogen-bond acceptors (Lipinski definition) is 3. The molecule has 1 atom stereocenters. The SMILES string of the molecule is Cc1ccc(NCC2CCCNC2)cc1O. The third-order valence-electron chi connectivity index (χ3n) is 3.20. The Kier molecular flexibility index (Phi) is 3.67. The van der Waals surface area contributed by atoms with E-state index in [1.54, 1.807) is 6.07 Å². The number of aryl methyl sites for hydroxylation is 1. The second kappa shape index (κ2) is 5.21. The number of rotatable bonds is 3. The molecule has 1 aromatic carbocycles. The van der Waals surface area contributed by atoms with Crippen LogP contribution < -0.4 is 10.6 Å². The Morgan fingerprint density at radius 2 is 2.38 bits per heavy atom. The highest BCUT2D eigenvalue weighted by molar-refractivity contribution is 5.50. The zero-order chi connectivity index (χ0) is 11.4. The molecule has 3 heteroatoms. The van der Waals surface area contributed by atoms with E-state index in [1.165, 1.54) is 12.8 Å². The van der Waals surface area contributed by atoms with E-state index < -0.39 is 0 Å². The molecule has 3 nitrogen and oxygen atoms in total. The minimum atomic E-state index is 0.367. The summed E-state index contributed by atoms with van der Waals surface area (Å²) in [6.45, 7) is 5.15. The molecule has 0 aliphatic carbocycles. The predicted octanol–water partition coefficient (Wildman–Crippen LogP) is 2.11. The number of benzene rings is 1. The van der Waals surface area contributed by atoms with E-state index in [1.807, 2.05) is 19.1 Å². The van der Waals surface area contributed by atoms with E-state index in [2.05, 4.69) is 10.6 Å². The third kappa shape index (κ3) is 2.89. The largest absolute Gasteiger partial charge is 0.508 e. The number of phenolic OH excluding ortho intramolecular Hbond substituents is 1. The normalized spacial score (nSPS) is 20.7. The van der Waals surface area contributed by atoms with Crippen LogP contribution >= 0.6 is 0 Å². The van der Waals surface area contributed by atoms with Gasteiger partial charge in [-0.3, -0.25) is 0 Å². The maximum atomic E-state index is 9.58. The monoisotopic (exact) mass is 220 g/mol. The number of piperidine rings is 1. The highest BCUT2D eigenvalue weighted by atomic mass is 16.3. The molecule has 2 rings (SSSR count). The number of hydrogen-bond donors (Lipinski definition) is 3. The van der Waals surface area contributed by atoms with Gasteiger partial charge in [-0.05, 0) is 50.4 Å². The highest BCUT2D eigenvalue weighted by Crippen LogP contribution is 2.21. The van der Waals surface area contributed by atoms with Crippen LogP contribution in [0.15, 0.2) is 18.2 Å². The van der Waals surface area contributed by atoms with Crippen LogP contribution in [0, 0.1) is 12.8 Å². The van der Waals surface area contributed by atoms with Crippen LogP contribution in [-0.2, 0) is 0 Å². The summed E-state index contributed by atoms with van der Waals surface area (Å²) >= 11 is 0. The summed E-state index contributed by atoms with van der Waals surface area (Å²) in [6, 6.07) is 5.76. The molecule has 0 amide bonds. The summed E-state index contributed by atoms with van der Waals surface area (Å²) in [7, 11) is 0. The Morgan fingerprint density at radius 3 is 3.06 bits per heavy atom. The van der Waals surface area contributed by atoms with Crippen molar-refractivity contribution >= 4 is 5.69 Å². The van der Waals surface area contributed by atoms with Crippen LogP contribution in [0.25, 0.3) is 0 Å². The molecule has 1 saturated heterocycles. The first-order chi connectivity index (χ1) is 7.75. The minimum Gasteiger partial charge on any atom is -0.508 e. The van der Waals surface area contributed by atoms with Crippen LogP contribution in [0.1, 0.15) is 18.4 Å². The van der Waals surface area contributed by atoms with Gasteiger partial charge < -0.3 is 15.7 Å². The lowest BCUT2D eigenvalue weighted by Crippen LogP contribution is -2.33. The lowest BCUT2D eigenvalue weighted by atomic mass is 10.00. The van der Waals surface area contributed by atoms with Crippen LogP contribution in [0.3, 0.4) is 0 Å². The average Bonchev–Trinajstić information content (AvgIpc) is 2.32. The first kappa shape index (κ1) is 11.3. The third-order valence-corrected chi connectivity index (χ3v) is 3.20. The van der Waals surface area contributed by atoms with Crippen molar-refractivity contribution < 1.29 is 5.11 Å². The fraction of sp³-hybridized carbons (Fsp3) is 0.538. The Bertz CT molecular complexity index is 346. The molecular weight excluding hydrogens is 200 g/mol. The van der Waals surface area contributed by atoms with Crippen molar-refractivity contribution in [1.29, 1.82) is 0 Å². The Labute approximate surface area is 96.9 Å². The quantitative estimate of drug-likeness (QED) is 0.731. The molecule has 0 saturated carbocycles. The van der Waals surface area contributed by atoms with E-state index in [0.717, 1.165) is 30.9 Å². The van der Waals surface area contributed by atoms with Crippen molar-refractivity contribution in [2.45, 2.75) is 19.8 Å². The maximum Gasteiger partial charge on any atom is 0.120 e. The van der Waals surface area contributed by atoms with Crippen molar-refractivity contribution in [2.75, 3.05) is 25.0 Å². The van der Waals surface area contributed by atoms with Crippen LogP contribution in [0.2, 0.25) is 0 Å². The smallest absolute Gasteiger partial charge is 0.120 e. The van der Waals surface area contributed by atoms with Gasteiger partial charge in [-0.25, -0.2) is 0 Å². The van der Waals surface area contributed by atoms with Crippen LogP contribution in [-0.4, -0.2) is 24.7 Å². The number of nitrogens with one attached hydrogen (secondary N) is 2. The molecule has 1 unspecified atom stereocenters. The molecule has 88 valence electrons. The lowest BCUT2D eigenvalue weighted by molar-refractivity contribution is 0.393. The molecule has 1 aliphatic heterocycles. The summed E-state index contributed by atoms with van der Waals surface area (Å²) in [5, 5.41) is 16.4. The molecule has 0 radical (unpaired) electrons. The van der Waals surface area contributed by atoms with Crippen molar-refractivity contribution in [3.63, 3.8) is 0 Å². The number of aromatic hydroxyl groups is 1. The van der Waals surface area contributed by atoms with Gasteiger partial charge in [0.2, 0.25) is 0 Å². The molecule has 0 spiro atoms. The first-order valence-corrected chi connectivity index (χ1v) is 6.00. The van der Waals surface area contributed by atoms with E-state index in [4.69, 9.17) is 0 Å². The van der Waals surface area contributed by atoms with E-state index >= 15 is 0 Å². The summed E-state index contributed by atoms with van der Waals surface area (Å²) in [4.78, 5) is 0. The fourth-order valence-corrected chi connectivity index (χ4v) is 2.08. The minimum absolute atomic E-state index is 0.367. The zero-order valence-corrected chi connectivity index (χ0v) is 9.79. The van der Waals surface area contributed by atoms with Gasteiger partial charge in [-0.1, -0.05) is 6.07 Å². The van der Waals surface area contributed by atoms with Gasteiger partial charge in [0.05, 0.1) is 0 Å². The van der Waals surface area contributed by atoms with Crippen LogP contribution in [0.5, 0.6) is 5.75 Å². The summed E-state index contributed by atoms with van der Waals surface area (Å²) in [5.74, 6) is 1.07. The van der Waals surface area contributed by atoms with E-state index in [0.29, 0.717) is 11.7 Å². The summed E-state index contributed by atoms with van der Waals surface area (Å²) in [5.41, 5.74) is 1.93. The van der Waals surface area contributed by atoms with Crippen molar-refractivity contribution in [1.82, 2.24) is 5.32 Å². The maximum absolute atomic E-state index is 9.58. The molecule has 0 bridgehead atoms. The molecule has 1 fully saturated rings. The lowest BCUT2D eigenvalue weighted by Gasteiger charge is -2.23. The van der Waals surface area contributed by atoms with Gasteiger partial charge in [0.1, 0.15) is 5.75 Å². The zero-order valence-electron chi connectivity index (χ0n) is 9.79. The van der Waals surface area contributed by atoms with Gasteiger partial charge in [0, 0.05) is 18.3 Å². The summed E-state index contributed by atoms with van der Waals surface area (Å²) < 4.78 is 0. The highest BCUT2D eigenvalue weighted by Gasteiger charge is 2.12. The van der Waals surface area contributed by atoms with Crippen LogP contribution in [0.4, 0.5) is 5.69 Å². The Balaban J connectivity index is 1.86. The molecule has 1 aliphatic rings. The Hall–Kier alpha value is -1.22. The molecule has 0 aromatic heterocycles. The van der Waals surface area contributed by atoms with Gasteiger partial charge >= 0.3 is 0 Å². The molecule has 3 N–H and O–H groups in total. The van der Waals surface area contributed by atoms with Gasteiger partial charge in [0.25, 0.3) is 0 Å². The second-order valence-corrected chi connectivity index (χ2v) is 4.59. The van der Waals surface area contributed by atoms with Crippen molar-refractivity contribution in [2.24, 2.45) is 5.92 Å². The molecular formula is C13H20N2O. The topological polar surface area (TPSA) is 44.3 Å². The molecule has 1 heterocycles. The van der Waals surface area contributed by atoms with Gasteiger partial charge in [-0.2, -0.15) is 0 Å². The summed E-state index contributed by atoms with van der Waals surface area (Å²) in [6.07, 6.45) is 2.56. The molecule has 16 heavy (non-hydrogen) atoms. The standard InChI is InChI=1S/C13H20N2O/c1-10-4-5-12(7-13(10)16)15-9-11-3-2-6-14-8-11/h4-5,7,11,14-16H,2-3,6,8-9H2,1H3. The van der Waals surface area contributed by atoms with Gasteiger partial charge in [-0.15, -0.1) is 0 Å². The second-order valence-electron chi connectivity index (χ2n) is 4.59. The van der Waals surface area contributed by atoms with Gasteiger partial charge in [0.15, 0.2) is 0 Å². The van der Waals surface area contributed by atoms with E-state index in [9.17, 15) is 5.11 Å². The fourth-order valence-electron chi connectivity index (χ4n) is 2.08. The Morgan fingerprint density at radius 1 is 1.50 bits per heavy atom. The molecule has 1 aromatic rings. The number of phenols is 1. The van der Waals surface area contributed by atoms with E-state index in [-0.39, 0.29) is 0 Å².